The minimum Gasteiger partial charge on any atom is -0.392 e. The molecule has 0 saturated carbocycles. The van der Waals surface area contributed by atoms with Crippen LogP contribution in [0.4, 0.5) is 0 Å². The molecule has 1 atom stereocenters. The normalized spacial score (nSPS) is 12.6. The van der Waals surface area contributed by atoms with E-state index >= 15 is 0 Å². The molecule has 0 bridgehead atoms. The average Bonchev–Trinajstić information content (AvgIpc) is 2.69. The van der Waals surface area contributed by atoms with Gasteiger partial charge in [-0.25, -0.2) is 0 Å². The maximum Gasteiger partial charge on any atom is 0.0635 e. The highest BCUT2D eigenvalue weighted by Gasteiger charge is 2.11. The van der Waals surface area contributed by atoms with Gasteiger partial charge in [-0.1, -0.05) is 28.1 Å². The van der Waals surface area contributed by atoms with Crippen molar-refractivity contribution >= 4 is 15.9 Å². The number of rotatable bonds is 5. The van der Waals surface area contributed by atoms with Gasteiger partial charge in [0.1, 0.15) is 0 Å². The first-order valence-corrected chi connectivity index (χ1v) is 7.33. The third-order valence-electron chi connectivity index (χ3n) is 3.09. The standard InChI is InChI=1S/C15H19BrN2O/c1-3-18-14(7-11(2)17-18)10-15(19)9-12-5-4-6-13(16)8-12/h4-8,15,19H,3,9-10H2,1-2H3. The Bertz CT molecular complexity index is 551. The number of halogens is 1. The molecule has 0 fully saturated rings. The van der Waals surface area contributed by atoms with Crippen molar-refractivity contribution in [3.8, 4) is 0 Å². The zero-order valence-corrected chi connectivity index (χ0v) is 12.9. The van der Waals surface area contributed by atoms with Gasteiger partial charge in [-0.3, -0.25) is 4.68 Å². The molecular formula is C15H19BrN2O. The summed E-state index contributed by atoms with van der Waals surface area (Å²) in [5, 5.41) is 14.6. The third kappa shape index (κ3) is 3.91. The molecule has 0 saturated heterocycles. The van der Waals surface area contributed by atoms with Gasteiger partial charge in [0.05, 0.1) is 11.8 Å². The minimum absolute atomic E-state index is 0.379. The second-order valence-electron chi connectivity index (χ2n) is 4.78. The van der Waals surface area contributed by atoms with Gasteiger partial charge < -0.3 is 5.11 Å². The lowest BCUT2D eigenvalue weighted by atomic mass is 10.0. The van der Waals surface area contributed by atoms with Gasteiger partial charge in [0.25, 0.3) is 0 Å². The molecule has 1 aromatic heterocycles. The van der Waals surface area contributed by atoms with Crippen LogP contribution < -0.4 is 0 Å². The van der Waals surface area contributed by atoms with Crippen molar-refractivity contribution in [2.75, 3.05) is 0 Å². The maximum absolute atomic E-state index is 10.2. The number of nitrogens with zero attached hydrogens (tertiary/aromatic N) is 2. The van der Waals surface area contributed by atoms with E-state index in [9.17, 15) is 5.11 Å². The van der Waals surface area contributed by atoms with Crippen LogP contribution in [0.5, 0.6) is 0 Å². The van der Waals surface area contributed by atoms with Crippen LogP contribution in [-0.2, 0) is 19.4 Å². The Morgan fingerprint density at radius 1 is 1.32 bits per heavy atom. The van der Waals surface area contributed by atoms with Crippen LogP contribution in [0.3, 0.4) is 0 Å². The van der Waals surface area contributed by atoms with Gasteiger partial charge in [0.2, 0.25) is 0 Å². The van der Waals surface area contributed by atoms with E-state index in [-0.39, 0.29) is 6.10 Å². The topological polar surface area (TPSA) is 38.0 Å². The summed E-state index contributed by atoms with van der Waals surface area (Å²) in [5.41, 5.74) is 3.25. The first-order valence-electron chi connectivity index (χ1n) is 6.54. The summed E-state index contributed by atoms with van der Waals surface area (Å²) in [4.78, 5) is 0. The minimum atomic E-state index is -0.379. The van der Waals surface area contributed by atoms with E-state index in [2.05, 4.69) is 28.0 Å². The van der Waals surface area contributed by atoms with E-state index in [1.165, 1.54) is 0 Å². The number of aromatic nitrogens is 2. The lowest BCUT2D eigenvalue weighted by Gasteiger charge is -2.12. The van der Waals surface area contributed by atoms with Gasteiger partial charge in [-0.2, -0.15) is 5.10 Å². The molecular weight excluding hydrogens is 304 g/mol. The van der Waals surface area contributed by atoms with E-state index in [1.807, 2.05) is 41.9 Å². The molecule has 2 rings (SSSR count). The van der Waals surface area contributed by atoms with Gasteiger partial charge >= 0.3 is 0 Å². The van der Waals surface area contributed by atoms with Gasteiger partial charge in [-0.05, 0) is 44.0 Å². The molecule has 0 radical (unpaired) electrons. The van der Waals surface area contributed by atoms with Crippen molar-refractivity contribution in [1.29, 1.82) is 0 Å². The Hall–Kier alpha value is -1.13. The zero-order chi connectivity index (χ0) is 13.8. The summed E-state index contributed by atoms with van der Waals surface area (Å²) in [5.74, 6) is 0. The fourth-order valence-electron chi connectivity index (χ4n) is 2.29. The van der Waals surface area contributed by atoms with Crippen LogP contribution in [0.25, 0.3) is 0 Å². The summed E-state index contributed by atoms with van der Waals surface area (Å²) in [7, 11) is 0. The molecule has 1 heterocycles. The van der Waals surface area contributed by atoms with Crippen LogP contribution in [0, 0.1) is 6.92 Å². The first-order chi connectivity index (χ1) is 9.08. The fraction of sp³-hybridized carbons (Fsp3) is 0.400. The van der Waals surface area contributed by atoms with Crippen LogP contribution in [0.15, 0.2) is 34.8 Å². The van der Waals surface area contributed by atoms with E-state index in [0.717, 1.165) is 28.0 Å². The van der Waals surface area contributed by atoms with Crippen molar-refractivity contribution in [2.45, 2.75) is 39.3 Å². The lowest BCUT2D eigenvalue weighted by molar-refractivity contribution is 0.172. The Kier molecular flexibility index (Phi) is 4.77. The largest absolute Gasteiger partial charge is 0.392 e. The zero-order valence-electron chi connectivity index (χ0n) is 11.3. The molecule has 19 heavy (non-hydrogen) atoms. The predicted molar refractivity (Wildman–Crippen MR) is 80.2 cm³/mol. The van der Waals surface area contributed by atoms with Gasteiger partial charge in [0.15, 0.2) is 0 Å². The fourth-order valence-corrected chi connectivity index (χ4v) is 2.73. The second-order valence-corrected chi connectivity index (χ2v) is 5.70. The monoisotopic (exact) mass is 322 g/mol. The molecule has 1 N–H and O–H groups in total. The number of benzene rings is 1. The van der Waals surface area contributed by atoms with Crippen LogP contribution in [-0.4, -0.2) is 21.0 Å². The van der Waals surface area contributed by atoms with E-state index in [0.29, 0.717) is 12.8 Å². The quantitative estimate of drug-likeness (QED) is 0.918. The van der Waals surface area contributed by atoms with Crippen molar-refractivity contribution in [3.63, 3.8) is 0 Å². The molecule has 0 amide bonds. The molecule has 0 aliphatic carbocycles. The predicted octanol–water partition coefficient (Wildman–Crippen LogP) is 3.12. The van der Waals surface area contributed by atoms with Crippen LogP contribution in [0.1, 0.15) is 23.9 Å². The highest BCUT2D eigenvalue weighted by atomic mass is 79.9. The number of hydrogen-bond acceptors (Lipinski definition) is 2. The molecule has 0 aliphatic heterocycles. The SMILES string of the molecule is CCn1nc(C)cc1CC(O)Cc1cccc(Br)c1. The average molecular weight is 323 g/mol. The summed E-state index contributed by atoms with van der Waals surface area (Å²) in [6.45, 7) is 4.89. The molecule has 3 nitrogen and oxygen atoms in total. The summed E-state index contributed by atoms with van der Waals surface area (Å²) in [6, 6.07) is 10.1. The second kappa shape index (κ2) is 6.35. The lowest BCUT2D eigenvalue weighted by Crippen LogP contribution is -2.16. The van der Waals surface area contributed by atoms with Crippen LogP contribution >= 0.6 is 15.9 Å². The van der Waals surface area contributed by atoms with Gasteiger partial charge in [0, 0.05) is 23.1 Å². The van der Waals surface area contributed by atoms with Crippen LogP contribution in [0.2, 0.25) is 0 Å². The third-order valence-corrected chi connectivity index (χ3v) is 3.58. The Morgan fingerprint density at radius 2 is 2.11 bits per heavy atom. The molecule has 2 aromatic rings. The van der Waals surface area contributed by atoms with E-state index in [1.54, 1.807) is 0 Å². The molecule has 4 heteroatoms. The number of aliphatic hydroxyl groups excluding tert-OH is 1. The Labute approximate surface area is 122 Å². The van der Waals surface area contributed by atoms with Crippen molar-refractivity contribution < 1.29 is 5.11 Å². The Balaban J connectivity index is 2.02. The molecule has 102 valence electrons. The first kappa shape index (κ1) is 14.3. The number of hydrogen-bond donors (Lipinski definition) is 1. The van der Waals surface area contributed by atoms with E-state index < -0.39 is 0 Å². The van der Waals surface area contributed by atoms with Crippen molar-refractivity contribution in [1.82, 2.24) is 9.78 Å². The Morgan fingerprint density at radius 3 is 2.79 bits per heavy atom. The highest BCUT2D eigenvalue weighted by molar-refractivity contribution is 9.10. The maximum atomic E-state index is 10.2. The smallest absolute Gasteiger partial charge is 0.0635 e. The molecule has 1 unspecified atom stereocenters. The highest BCUT2D eigenvalue weighted by Crippen LogP contribution is 2.15. The molecule has 0 spiro atoms. The summed E-state index contributed by atoms with van der Waals surface area (Å²) >= 11 is 3.45. The number of aryl methyl sites for hydroxylation is 2. The van der Waals surface area contributed by atoms with Crippen molar-refractivity contribution in [2.24, 2.45) is 0 Å². The summed E-state index contributed by atoms with van der Waals surface area (Å²) in [6.07, 6.45) is 0.921. The summed E-state index contributed by atoms with van der Waals surface area (Å²) < 4.78 is 3.01. The van der Waals surface area contributed by atoms with Gasteiger partial charge in [-0.15, -0.1) is 0 Å². The van der Waals surface area contributed by atoms with E-state index in [4.69, 9.17) is 0 Å². The molecule has 1 aromatic carbocycles. The molecule has 0 aliphatic rings. The van der Waals surface area contributed by atoms with Crippen molar-refractivity contribution in [3.05, 3.63) is 51.8 Å². The number of aliphatic hydroxyl groups is 1.